The van der Waals surface area contributed by atoms with E-state index in [1.807, 2.05) is 0 Å². The summed E-state index contributed by atoms with van der Waals surface area (Å²) in [6.45, 7) is 3.17. The number of carbonyl (C=O) groups excluding carboxylic acids is 6. The summed E-state index contributed by atoms with van der Waals surface area (Å²) in [5.74, 6) is -8.56. The maximum atomic E-state index is 13.2. The van der Waals surface area contributed by atoms with Crippen LogP contribution in [0.4, 0.5) is 0 Å². The van der Waals surface area contributed by atoms with Crippen molar-refractivity contribution in [3.05, 3.63) is 0 Å². The molecule has 0 unspecified atom stereocenters. The molecule has 266 valence electrons. The predicted molar refractivity (Wildman–Crippen MR) is 164 cm³/mol. The van der Waals surface area contributed by atoms with Crippen LogP contribution in [-0.4, -0.2) is 70.7 Å². The molecule has 16 heteroatoms. The molecule has 0 saturated carbocycles. The van der Waals surface area contributed by atoms with Gasteiger partial charge in [0.25, 0.3) is 0 Å². The summed E-state index contributed by atoms with van der Waals surface area (Å²) < 4.78 is 0. The normalized spacial score (nSPS) is 11.3. The number of amides is 2. The van der Waals surface area contributed by atoms with Crippen LogP contribution < -0.4 is 139 Å². The van der Waals surface area contributed by atoms with Crippen molar-refractivity contribution in [2.24, 2.45) is 0 Å². The average Bonchev–Trinajstić information content (AvgIpc) is 2.99. The third kappa shape index (κ3) is 31.2. The van der Waals surface area contributed by atoms with Crippen molar-refractivity contribution in [1.29, 1.82) is 0 Å². The summed E-state index contributed by atoms with van der Waals surface area (Å²) in [5.41, 5.74) is 0. The van der Waals surface area contributed by atoms with Gasteiger partial charge in [-0.1, -0.05) is 117 Å². The Morgan fingerprint density at radius 1 is 0.420 bits per heavy atom. The molecule has 0 aliphatic rings. The Kier molecular flexibility index (Phi) is 47.5. The minimum Gasteiger partial charge on any atom is -0.550 e. The molecule has 0 fully saturated rings. The van der Waals surface area contributed by atoms with Crippen LogP contribution in [0.3, 0.4) is 0 Å². The van der Waals surface area contributed by atoms with Gasteiger partial charge in [-0.25, -0.2) is 0 Å². The summed E-state index contributed by atoms with van der Waals surface area (Å²) in [6.07, 6.45) is 15.1. The van der Waals surface area contributed by atoms with E-state index in [2.05, 4.69) is 13.8 Å². The molecule has 0 aliphatic heterocycles. The topological polar surface area (TPSA) is 201 Å². The summed E-state index contributed by atoms with van der Waals surface area (Å²) in [6, 6.07) is -3.85. The number of rotatable bonds is 31. The van der Waals surface area contributed by atoms with Crippen molar-refractivity contribution in [2.45, 2.75) is 167 Å². The fourth-order valence-electron chi connectivity index (χ4n) is 5.54. The Morgan fingerprint density at radius 3 is 0.880 bits per heavy atom. The summed E-state index contributed by atoms with van der Waals surface area (Å²) in [7, 11) is 0. The number of nitrogens with zero attached hydrogens (tertiary/aromatic N) is 2. The zero-order valence-corrected chi connectivity index (χ0v) is 40.1. The van der Waals surface area contributed by atoms with Gasteiger partial charge < -0.3 is 49.4 Å². The molecule has 0 heterocycles. The second-order valence-electron chi connectivity index (χ2n) is 12.2. The van der Waals surface area contributed by atoms with Crippen molar-refractivity contribution in [1.82, 2.24) is 9.80 Å². The Hall–Kier alpha value is 0.820. The smallest absolute Gasteiger partial charge is 0.550 e. The van der Waals surface area contributed by atoms with E-state index in [-0.39, 0.29) is 131 Å². The molecule has 0 aromatic heterocycles. The van der Waals surface area contributed by atoms with Crippen LogP contribution in [-0.2, 0) is 28.8 Å². The van der Waals surface area contributed by atoms with E-state index >= 15 is 0 Å². The molecule has 0 aromatic rings. The first-order chi connectivity index (χ1) is 22.0. The minimum atomic E-state index is -1.92. The van der Waals surface area contributed by atoms with Crippen LogP contribution in [0.15, 0.2) is 0 Å². The SMILES string of the molecule is CCCCCCCCCCCC(=O)N(CCN(C(=O)CCCCCCCCCCC)[C@@H](CC(=O)[O-])C(=O)[O-])[C@@H](CC(=O)[O-])C(=O)[O-].[Na+].[Na+].[Na+].[Na+]. The standard InChI is InChI=1S/C34H60N2O10.4Na/c1-3-5-7-9-11-13-15-17-19-21-29(37)35(27(33(43)44)25-31(39)40)23-24-36(28(34(45)46)26-32(41)42)30(38)22-20-18-16-14-12-10-8-6-4-2;;;;/h27-28H,3-26H2,1-2H3,(H,39,40)(H,41,42)(H,43,44)(H,45,46);;;;/q;4*+1/p-4/t27-,28-;;;;/m0..../s1. The minimum absolute atomic E-state index is 0. The maximum Gasteiger partial charge on any atom is 1.00 e. The van der Waals surface area contributed by atoms with Gasteiger partial charge in [0.2, 0.25) is 11.8 Å². The van der Waals surface area contributed by atoms with Crippen LogP contribution in [0.5, 0.6) is 0 Å². The van der Waals surface area contributed by atoms with Crippen LogP contribution >= 0.6 is 0 Å². The fraction of sp³-hybridized carbons (Fsp3) is 0.824. The molecular weight excluding hydrogens is 688 g/mol. The maximum absolute atomic E-state index is 13.2. The van der Waals surface area contributed by atoms with Crippen molar-refractivity contribution in [2.75, 3.05) is 13.1 Å². The van der Waals surface area contributed by atoms with Gasteiger partial charge in [0.1, 0.15) is 0 Å². The number of carboxylic acids is 4. The van der Waals surface area contributed by atoms with Gasteiger partial charge in [0, 0.05) is 50.7 Å². The first-order valence-corrected chi connectivity index (χ1v) is 17.4. The molecule has 0 bridgehead atoms. The molecule has 0 aromatic carbocycles. The summed E-state index contributed by atoms with van der Waals surface area (Å²) in [4.78, 5) is 74.3. The molecule has 0 aliphatic carbocycles. The predicted octanol–water partition coefficient (Wildman–Crippen LogP) is -11.0. The van der Waals surface area contributed by atoms with E-state index in [9.17, 15) is 49.2 Å². The zero-order valence-electron chi connectivity index (χ0n) is 32.1. The summed E-state index contributed by atoms with van der Waals surface area (Å²) in [5, 5.41) is 46.5. The molecular formula is C34H56N2Na4O10. The Morgan fingerprint density at radius 2 is 0.660 bits per heavy atom. The second kappa shape index (κ2) is 39.5. The first-order valence-electron chi connectivity index (χ1n) is 17.4. The van der Waals surface area contributed by atoms with E-state index in [1.165, 1.54) is 25.7 Å². The monoisotopic (exact) mass is 744 g/mol. The number of unbranched alkanes of at least 4 members (excludes halogenated alkanes) is 16. The van der Waals surface area contributed by atoms with E-state index < -0.39 is 73.7 Å². The molecule has 0 saturated heterocycles. The number of hydrogen-bond donors (Lipinski definition) is 0. The van der Waals surface area contributed by atoms with E-state index in [0.717, 1.165) is 74.0 Å². The van der Waals surface area contributed by atoms with Crippen LogP contribution in [0.25, 0.3) is 0 Å². The van der Waals surface area contributed by atoms with E-state index in [0.29, 0.717) is 25.7 Å². The fourth-order valence-corrected chi connectivity index (χ4v) is 5.54. The Labute approximate surface area is 388 Å². The number of carbonyl (C=O) groups is 6. The number of hydrogen-bond acceptors (Lipinski definition) is 10. The average molecular weight is 745 g/mol. The van der Waals surface area contributed by atoms with Gasteiger partial charge in [-0.3, -0.25) is 9.59 Å². The third-order valence-electron chi connectivity index (χ3n) is 8.23. The number of carboxylic acid groups (broad SMARTS) is 4. The Balaban J connectivity index is -0.00000169. The molecule has 50 heavy (non-hydrogen) atoms. The van der Waals surface area contributed by atoms with E-state index in [4.69, 9.17) is 0 Å². The second-order valence-corrected chi connectivity index (χ2v) is 12.2. The van der Waals surface area contributed by atoms with Gasteiger partial charge in [0.15, 0.2) is 0 Å². The van der Waals surface area contributed by atoms with Crippen LogP contribution in [0.2, 0.25) is 0 Å². The number of aliphatic carboxylic acids is 4. The molecule has 0 spiro atoms. The van der Waals surface area contributed by atoms with Gasteiger partial charge in [-0.2, -0.15) is 0 Å². The summed E-state index contributed by atoms with van der Waals surface area (Å²) >= 11 is 0. The largest absolute Gasteiger partial charge is 1.00 e. The molecule has 12 nitrogen and oxygen atoms in total. The quantitative estimate of drug-likeness (QED) is 0.0485. The van der Waals surface area contributed by atoms with Crippen molar-refractivity contribution in [3.63, 3.8) is 0 Å². The molecule has 0 radical (unpaired) electrons. The molecule has 2 amide bonds. The van der Waals surface area contributed by atoms with Crippen LogP contribution in [0.1, 0.15) is 155 Å². The third-order valence-corrected chi connectivity index (χ3v) is 8.23. The van der Waals surface area contributed by atoms with Crippen molar-refractivity contribution >= 4 is 35.7 Å². The zero-order chi connectivity index (χ0) is 34.7. The van der Waals surface area contributed by atoms with Gasteiger partial charge >= 0.3 is 118 Å². The van der Waals surface area contributed by atoms with Gasteiger partial charge in [-0.15, -0.1) is 0 Å². The van der Waals surface area contributed by atoms with Crippen molar-refractivity contribution in [3.8, 4) is 0 Å². The first kappa shape index (κ1) is 60.1. The molecule has 0 rings (SSSR count). The Bertz CT molecular complexity index is 858. The van der Waals surface area contributed by atoms with Crippen molar-refractivity contribution < 1.29 is 167 Å². The van der Waals surface area contributed by atoms with Crippen LogP contribution in [0, 0.1) is 0 Å². The molecule has 0 N–H and O–H groups in total. The van der Waals surface area contributed by atoms with E-state index in [1.54, 1.807) is 0 Å². The van der Waals surface area contributed by atoms with Gasteiger partial charge in [0.05, 0.1) is 24.0 Å². The molecule has 2 atom stereocenters. The van der Waals surface area contributed by atoms with Gasteiger partial charge in [-0.05, 0) is 12.8 Å².